The van der Waals surface area contributed by atoms with Crippen molar-refractivity contribution in [2.45, 2.75) is 230 Å². The third kappa shape index (κ3) is 55.7. The summed E-state index contributed by atoms with van der Waals surface area (Å²) in [4.78, 5) is 47.4. The second kappa shape index (κ2) is 39.7. The minimum Gasteiger partial charge on any atom is -0.465 e. The topological polar surface area (TPSA) is 140 Å². The fraction of sp³-hybridized carbons (Fsp3) is 0.955. The molecule has 3 aliphatic heterocycles. The molecule has 486 valence electrons. The zero-order valence-corrected chi connectivity index (χ0v) is 59.2. The van der Waals surface area contributed by atoms with Gasteiger partial charge in [-0.3, -0.25) is 24.2 Å². The van der Waals surface area contributed by atoms with Crippen molar-refractivity contribution in [1.82, 2.24) is 24.5 Å². The molecule has 0 aromatic carbocycles. The van der Waals surface area contributed by atoms with Gasteiger partial charge in [-0.1, -0.05) is 138 Å². The Morgan fingerprint density at radius 3 is 0.926 bits per heavy atom. The Morgan fingerprint density at radius 1 is 0.407 bits per heavy atom. The van der Waals surface area contributed by atoms with Crippen LogP contribution >= 0.6 is 0 Å². The summed E-state index contributed by atoms with van der Waals surface area (Å²) in [6, 6.07) is 0. The van der Waals surface area contributed by atoms with Crippen molar-refractivity contribution in [3.05, 3.63) is 0 Å². The molecule has 0 bridgehead atoms. The zero-order valence-electron chi connectivity index (χ0n) is 59.2. The molecule has 0 atom stereocenters. The van der Waals surface area contributed by atoms with Crippen LogP contribution in [0, 0.1) is 43.3 Å². The number of rotatable bonds is 19. The van der Waals surface area contributed by atoms with E-state index in [1.165, 1.54) is 25.8 Å². The average molecular weight is 1160 g/mol. The van der Waals surface area contributed by atoms with E-state index >= 15 is 0 Å². The molecule has 2 N–H and O–H groups in total. The lowest BCUT2D eigenvalue weighted by Gasteiger charge is -2.34. The van der Waals surface area contributed by atoms with Gasteiger partial charge in [0.15, 0.2) is 0 Å². The second-order valence-electron chi connectivity index (χ2n) is 32.8. The number of ether oxygens (including phenoxy) is 5. The van der Waals surface area contributed by atoms with Gasteiger partial charge in [-0.15, -0.1) is 0 Å². The highest BCUT2D eigenvalue weighted by Crippen LogP contribution is 2.27. The fourth-order valence-electron chi connectivity index (χ4n) is 7.92. The van der Waals surface area contributed by atoms with E-state index in [0.717, 1.165) is 131 Å². The molecule has 14 heteroatoms. The summed E-state index contributed by atoms with van der Waals surface area (Å²) in [5.41, 5.74) is 5.96. The van der Waals surface area contributed by atoms with Crippen LogP contribution in [0.25, 0.3) is 0 Å². The van der Waals surface area contributed by atoms with Gasteiger partial charge in [0.25, 0.3) is 0 Å². The zero-order chi connectivity index (χ0) is 63.7. The highest BCUT2D eigenvalue weighted by Gasteiger charge is 2.32. The maximum Gasteiger partial charge on any atom is 0.325 e. The Morgan fingerprint density at radius 2 is 0.691 bits per heavy atom. The van der Waals surface area contributed by atoms with Gasteiger partial charge >= 0.3 is 17.9 Å². The lowest BCUT2D eigenvalue weighted by Crippen LogP contribution is -2.45. The van der Waals surface area contributed by atoms with Gasteiger partial charge in [0, 0.05) is 58.9 Å². The molecular weight excluding hydrogens is 1020 g/mol. The van der Waals surface area contributed by atoms with Crippen molar-refractivity contribution in [3.63, 3.8) is 0 Å². The summed E-state index contributed by atoms with van der Waals surface area (Å²) >= 11 is 0. The average Bonchev–Trinajstić information content (AvgIpc) is 3.29. The first kappa shape index (κ1) is 83.3. The number of piperazine rings is 1. The summed E-state index contributed by atoms with van der Waals surface area (Å²) in [6.07, 6.45) is 8.30. The molecule has 3 aliphatic rings. The van der Waals surface area contributed by atoms with Crippen LogP contribution in [0.3, 0.4) is 0 Å². The molecule has 0 saturated carbocycles. The molecule has 0 aromatic heterocycles. The van der Waals surface area contributed by atoms with Gasteiger partial charge in [0.1, 0.15) is 5.54 Å². The first-order valence-corrected chi connectivity index (χ1v) is 31.5. The number of esters is 3. The number of hydrogen-bond acceptors (Lipinski definition) is 14. The maximum absolute atomic E-state index is 12.2. The highest BCUT2D eigenvalue weighted by atomic mass is 16.5. The number of likely N-dealkylation sites (N-methyl/N-ethyl adjacent to an activating group) is 1. The molecular formula is C67H140N6O8. The van der Waals surface area contributed by atoms with Crippen molar-refractivity contribution < 1.29 is 38.1 Å². The van der Waals surface area contributed by atoms with Crippen molar-refractivity contribution >= 4 is 17.9 Å². The first-order chi connectivity index (χ1) is 36.5. The number of carbonyl (C=O) groups excluding carboxylic acids is 3. The van der Waals surface area contributed by atoms with Crippen LogP contribution in [0.15, 0.2) is 0 Å². The van der Waals surface area contributed by atoms with E-state index in [0.29, 0.717) is 36.1 Å². The van der Waals surface area contributed by atoms with Crippen molar-refractivity contribution in [1.29, 1.82) is 0 Å². The Bertz CT molecular complexity index is 1600. The number of carbonyl (C=O) groups is 3. The van der Waals surface area contributed by atoms with Gasteiger partial charge in [0.2, 0.25) is 0 Å². The Kier molecular flexibility index (Phi) is 40.9. The number of morpholine rings is 2. The Labute approximate surface area is 503 Å². The van der Waals surface area contributed by atoms with Crippen LogP contribution in [0.4, 0.5) is 0 Å². The Balaban J connectivity index is -0.000000940. The minimum absolute atomic E-state index is 0.0547. The van der Waals surface area contributed by atoms with Crippen LogP contribution in [0.1, 0.15) is 224 Å². The largest absolute Gasteiger partial charge is 0.465 e. The van der Waals surface area contributed by atoms with Crippen LogP contribution in [0.2, 0.25) is 0 Å². The van der Waals surface area contributed by atoms with Crippen LogP contribution < -0.4 is 5.73 Å². The lowest BCUT2D eigenvalue weighted by molar-refractivity contribution is -0.156. The summed E-state index contributed by atoms with van der Waals surface area (Å²) in [5.74, 6) is -0.465. The summed E-state index contributed by atoms with van der Waals surface area (Å²) in [6.45, 7) is 71.1. The van der Waals surface area contributed by atoms with Gasteiger partial charge in [-0.25, -0.2) is 0 Å². The second-order valence-corrected chi connectivity index (χ2v) is 32.8. The first-order valence-electron chi connectivity index (χ1n) is 31.5. The fourth-order valence-corrected chi connectivity index (χ4v) is 7.92. The molecule has 0 spiro atoms. The molecule has 0 aromatic rings. The summed E-state index contributed by atoms with van der Waals surface area (Å²) in [5, 5.41) is 0. The monoisotopic (exact) mass is 1160 g/mol. The van der Waals surface area contributed by atoms with E-state index in [-0.39, 0.29) is 39.6 Å². The van der Waals surface area contributed by atoms with Crippen molar-refractivity contribution in [2.24, 2.45) is 49.1 Å². The molecule has 0 radical (unpaired) electrons. The smallest absolute Gasteiger partial charge is 0.325 e. The molecule has 81 heavy (non-hydrogen) atoms. The third-order valence-corrected chi connectivity index (χ3v) is 13.8. The molecule has 3 heterocycles. The number of nitrogens with zero attached hydrogens (tertiary/aromatic N) is 5. The van der Waals surface area contributed by atoms with Crippen LogP contribution in [-0.4, -0.2) is 194 Å². The van der Waals surface area contributed by atoms with Crippen LogP contribution in [-0.2, 0) is 38.1 Å². The SMILES string of the molecule is CC(C)(C)CCN1CCOCC1.CC(C)(C)CCOC(=O)C(C)(C)CCN1CCOCC1.CC(C)(C)CCOC(=O)C(C)(C)N.CCCC(C)(C)C.CN(C)CC(C)(C)C.CN1CCN(CCC(C)(C)C(=O)OCCC(C)(C)C)CC1. The minimum atomic E-state index is -0.877. The quantitative estimate of drug-likeness (QED) is 0.0969. The summed E-state index contributed by atoms with van der Waals surface area (Å²) in [7, 11) is 6.37. The van der Waals surface area contributed by atoms with E-state index in [4.69, 9.17) is 29.4 Å². The molecule has 0 amide bonds. The van der Waals surface area contributed by atoms with E-state index < -0.39 is 11.0 Å². The standard InChI is InChI=1S/C17H34N2O2.C16H31NO3.C10H21NO2.C10H21NO.C7H17N.C7H16/c1-16(2,3)8-14-21-15(20)17(4,5)7-9-19-12-10-18(6)11-13-19;1-15(2,3)7-11-20-14(18)16(4,5)6-8-17-9-12-19-13-10-17;1-9(2,3)6-7-13-8(12)10(4,5)11;1-10(2,3)4-5-11-6-8-12-9-7-11;1-7(2,3)6-8(4)5;1-5-6-7(2,3)4/h7-14H2,1-6H3;6-13H2,1-5H3;6-7,11H2,1-5H3;4-9H2,1-3H3;6H2,1-5H3;5-6H2,1-4H3. The predicted octanol–water partition coefficient (Wildman–Crippen LogP) is 13.2. The molecule has 3 saturated heterocycles. The van der Waals surface area contributed by atoms with E-state index in [1.54, 1.807) is 13.8 Å². The number of nitrogens with two attached hydrogens (primary N) is 1. The normalized spacial score (nSPS) is 16.8. The molecule has 3 fully saturated rings. The van der Waals surface area contributed by atoms with Gasteiger partial charge in [0.05, 0.1) is 57.1 Å². The molecule has 3 rings (SSSR count). The van der Waals surface area contributed by atoms with Crippen molar-refractivity contribution in [3.8, 4) is 0 Å². The molecule has 0 unspecified atom stereocenters. The highest BCUT2D eigenvalue weighted by molar-refractivity contribution is 5.79. The van der Waals surface area contributed by atoms with E-state index in [1.807, 2.05) is 27.7 Å². The summed E-state index contributed by atoms with van der Waals surface area (Å²) < 4.78 is 26.6. The van der Waals surface area contributed by atoms with E-state index in [2.05, 4.69) is 177 Å². The molecule has 0 aliphatic carbocycles. The Hall–Kier alpha value is -1.91. The van der Waals surface area contributed by atoms with Gasteiger partial charge < -0.3 is 44.1 Å². The maximum atomic E-state index is 12.2. The van der Waals surface area contributed by atoms with E-state index in [9.17, 15) is 14.4 Å². The third-order valence-electron chi connectivity index (χ3n) is 13.8. The van der Waals surface area contributed by atoms with Crippen LogP contribution in [0.5, 0.6) is 0 Å². The lowest BCUT2D eigenvalue weighted by atomic mass is 9.89. The van der Waals surface area contributed by atoms with Gasteiger partial charge in [-0.2, -0.15) is 0 Å². The number of hydrogen-bond donors (Lipinski definition) is 1. The van der Waals surface area contributed by atoms with Crippen molar-refractivity contribution in [2.75, 3.05) is 146 Å². The van der Waals surface area contributed by atoms with Gasteiger partial charge in [-0.05, 0) is 160 Å². The molecule has 14 nitrogen and oxygen atoms in total. The predicted molar refractivity (Wildman–Crippen MR) is 345 cm³/mol.